The molecule has 0 aliphatic carbocycles. The lowest BCUT2D eigenvalue weighted by Gasteiger charge is -2.17. The Morgan fingerprint density at radius 1 is 1.09 bits per heavy atom. The smallest absolute Gasteiger partial charge is 0.253 e. The van der Waals surface area contributed by atoms with Gasteiger partial charge in [-0.05, 0) is 25.1 Å². The standard InChI is InChI=1S/C19H18N2O2/c1-13(15-9-3-4-11-17(15)23-2)21-19(22)16-10-5-7-14-8-6-12-20-18(14)16/h3-13H,1-2H3,(H,21,22)/t13-/m1/s1. The van der Waals surface area contributed by atoms with Crippen molar-refractivity contribution in [2.45, 2.75) is 13.0 Å². The van der Waals surface area contributed by atoms with Crippen LogP contribution < -0.4 is 10.1 Å². The van der Waals surface area contributed by atoms with Gasteiger partial charge in [0.05, 0.1) is 24.2 Å². The average Bonchev–Trinajstić information content (AvgIpc) is 2.61. The van der Waals surface area contributed by atoms with Gasteiger partial charge < -0.3 is 10.1 Å². The summed E-state index contributed by atoms with van der Waals surface area (Å²) in [4.78, 5) is 17.0. The molecule has 3 rings (SSSR count). The van der Waals surface area contributed by atoms with Gasteiger partial charge in [-0.25, -0.2) is 0 Å². The van der Waals surface area contributed by atoms with Crippen LogP contribution in [0.5, 0.6) is 5.75 Å². The van der Waals surface area contributed by atoms with Gasteiger partial charge in [0.15, 0.2) is 0 Å². The largest absolute Gasteiger partial charge is 0.496 e. The van der Waals surface area contributed by atoms with Gasteiger partial charge in [-0.1, -0.05) is 36.4 Å². The lowest BCUT2D eigenvalue weighted by Crippen LogP contribution is -2.27. The van der Waals surface area contributed by atoms with E-state index in [1.54, 1.807) is 19.4 Å². The summed E-state index contributed by atoms with van der Waals surface area (Å²) in [5, 5.41) is 3.97. The molecule has 0 spiro atoms. The quantitative estimate of drug-likeness (QED) is 0.799. The van der Waals surface area contributed by atoms with Crippen molar-refractivity contribution in [1.82, 2.24) is 10.3 Å². The minimum atomic E-state index is -0.169. The number of hydrogen-bond donors (Lipinski definition) is 1. The molecule has 3 aromatic rings. The van der Waals surface area contributed by atoms with Crippen LogP contribution in [0, 0.1) is 0 Å². The number of rotatable bonds is 4. The fraction of sp³-hybridized carbons (Fsp3) is 0.158. The van der Waals surface area contributed by atoms with Gasteiger partial charge in [-0.2, -0.15) is 0 Å². The first-order valence-corrected chi connectivity index (χ1v) is 7.48. The summed E-state index contributed by atoms with van der Waals surface area (Å²) >= 11 is 0. The Hall–Kier alpha value is -2.88. The first-order valence-electron chi connectivity index (χ1n) is 7.48. The van der Waals surface area contributed by atoms with Gasteiger partial charge in [-0.3, -0.25) is 9.78 Å². The van der Waals surface area contributed by atoms with E-state index >= 15 is 0 Å². The number of aromatic nitrogens is 1. The summed E-state index contributed by atoms with van der Waals surface area (Å²) in [6.45, 7) is 1.94. The molecule has 1 N–H and O–H groups in total. The third-order valence-electron chi connectivity index (χ3n) is 3.83. The lowest BCUT2D eigenvalue weighted by atomic mass is 10.1. The van der Waals surface area contributed by atoms with E-state index in [1.807, 2.05) is 55.5 Å². The third-order valence-corrected chi connectivity index (χ3v) is 3.83. The fourth-order valence-corrected chi connectivity index (χ4v) is 2.66. The average molecular weight is 306 g/mol. The topological polar surface area (TPSA) is 51.2 Å². The highest BCUT2D eigenvalue weighted by molar-refractivity contribution is 6.05. The highest BCUT2D eigenvalue weighted by atomic mass is 16.5. The second-order valence-electron chi connectivity index (χ2n) is 5.32. The van der Waals surface area contributed by atoms with E-state index < -0.39 is 0 Å². The Labute approximate surface area is 135 Å². The van der Waals surface area contributed by atoms with Crippen LogP contribution in [0.3, 0.4) is 0 Å². The molecule has 0 saturated carbocycles. The highest BCUT2D eigenvalue weighted by Gasteiger charge is 2.16. The van der Waals surface area contributed by atoms with Crippen LogP contribution in [0.4, 0.5) is 0 Å². The van der Waals surface area contributed by atoms with E-state index in [9.17, 15) is 4.79 Å². The number of nitrogens with zero attached hydrogens (tertiary/aromatic N) is 1. The maximum atomic E-state index is 12.7. The normalized spacial score (nSPS) is 11.9. The number of para-hydroxylation sites is 2. The number of fused-ring (bicyclic) bond motifs is 1. The zero-order valence-corrected chi connectivity index (χ0v) is 13.1. The van der Waals surface area contributed by atoms with Crippen molar-refractivity contribution in [3.05, 3.63) is 71.9 Å². The SMILES string of the molecule is COc1ccccc1[C@@H](C)NC(=O)c1cccc2cccnc12. The van der Waals surface area contributed by atoms with Crippen molar-refractivity contribution in [3.8, 4) is 5.75 Å². The zero-order valence-electron chi connectivity index (χ0n) is 13.1. The molecular formula is C19H18N2O2. The number of ether oxygens (including phenoxy) is 1. The minimum Gasteiger partial charge on any atom is -0.496 e. The second-order valence-corrected chi connectivity index (χ2v) is 5.32. The number of carbonyl (C=O) groups excluding carboxylic acids is 1. The first kappa shape index (κ1) is 15.0. The molecule has 4 heteroatoms. The molecule has 1 aromatic heterocycles. The van der Waals surface area contributed by atoms with Crippen molar-refractivity contribution < 1.29 is 9.53 Å². The summed E-state index contributed by atoms with van der Waals surface area (Å²) in [6, 6.07) is 16.9. The Kier molecular flexibility index (Phi) is 4.24. The fourth-order valence-electron chi connectivity index (χ4n) is 2.66. The van der Waals surface area contributed by atoms with Gasteiger partial charge in [0, 0.05) is 17.1 Å². The minimum absolute atomic E-state index is 0.146. The lowest BCUT2D eigenvalue weighted by molar-refractivity contribution is 0.0941. The van der Waals surface area contributed by atoms with Crippen LogP contribution in [-0.4, -0.2) is 18.0 Å². The molecule has 23 heavy (non-hydrogen) atoms. The highest BCUT2D eigenvalue weighted by Crippen LogP contribution is 2.25. The van der Waals surface area contributed by atoms with E-state index in [1.165, 1.54) is 0 Å². The monoisotopic (exact) mass is 306 g/mol. The second kappa shape index (κ2) is 6.48. The molecule has 0 aliphatic rings. The summed E-state index contributed by atoms with van der Waals surface area (Å²) in [6.07, 6.45) is 1.70. The van der Waals surface area contributed by atoms with E-state index in [0.717, 1.165) is 16.7 Å². The van der Waals surface area contributed by atoms with Crippen molar-refractivity contribution in [1.29, 1.82) is 0 Å². The summed E-state index contributed by atoms with van der Waals surface area (Å²) in [5.74, 6) is 0.615. The van der Waals surface area contributed by atoms with E-state index in [0.29, 0.717) is 11.1 Å². The molecule has 0 unspecified atom stereocenters. The zero-order chi connectivity index (χ0) is 16.2. The maximum absolute atomic E-state index is 12.7. The molecule has 1 amide bonds. The van der Waals surface area contributed by atoms with Crippen LogP contribution in [0.2, 0.25) is 0 Å². The van der Waals surface area contributed by atoms with Gasteiger partial charge in [0.2, 0.25) is 0 Å². The Morgan fingerprint density at radius 3 is 2.70 bits per heavy atom. The number of hydrogen-bond acceptors (Lipinski definition) is 3. The Balaban J connectivity index is 1.89. The molecule has 116 valence electrons. The van der Waals surface area contributed by atoms with Crippen LogP contribution in [0.25, 0.3) is 10.9 Å². The molecule has 4 nitrogen and oxygen atoms in total. The maximum Gasteiger partial charge on any atom is 0.253 e. The Bertz CT molecular complexity index is 840. The molecule has 2 aromatic carbocycles. The van der Waals surface area contributed by atoms with Crippen molar-refractivity contribution in [2.75, 3.05) is 7.11 Å². The number of methoxy groups -OCH3 is 1. The molecule has 1 atom stereocenters. The predicted molar refractivity (Wildman–Crippen MR) is 90.6 cm³/mol. The van der Waals surface area contributed by atoms with Crippen molar-refractivity contribution in [2.24, 2.45) is 0 Å². The summed E-state index contributed by atoms with van der Waals surface area (Å²) in [7, 11) is 1.63. The van der Waals surface area contributed by atoms with Crippen LogP contribution in [0.15, 0.2) is 60.8 Å². The van der Waals surface area contributed by atoms with Crippen molar-refractivity contribution >= 4 is 16.8 Å². The summed E-state index contributed by atoms with van der Waals surface area (Å²) in [5.41, 5.74) is 2.22. The van der Waals surface area contributed by atoms with E-state index in [2.05, 4.69) is 10.3 Å². The van der Waals surface area contributed by atoms with Crippen LogP contribution in [-0.2, 0) is 0 Å². The van der Waals surface area contributed by atoms with Crippen molar-refractivity contribution in [3.63, 3.8) is 0 Å². The van der Waals surface area contributed by atoms with Gasteiger partial charge in [0.25, 0.3) is 5.91 Å². The molecular weight excluding hydrogens is 288 g/mol. The molecule has 0 bridgehead atoms. The predicted octanol–water partition coefficient (Wildman–Crippen LogP) is 3.73. The Morgan fingerprint density at radius 2 is 1.87 bits per heavy atom. The number of amides is 1. The van der Waals surface area contributed by atoms with Crippen LogP contribution >= 0.6 is 0 Å². The van der Waals surface area contributed by atoms with Gasteiger partial charge >= 0.3 is 0 Å². The number of nitrogens with one attached hydrogen (secondary N) is 1. The van der Waals surface area contributed by atoms with Crippen LogP contribution in [0.1, 0.15) is 28.9 Å². The van der Waals surface area contributed by atoms with Gasteiger partial charge in [-0.15, -0.1) is 0 Å². The third kappa shape index (κ3) is 3.01. The number of pyridine rings is 1. The van der Waals surface area contributed by atoms with E-state index in [-0.39, 0.29) is 11.9 Å². The molecule has 1 heterocycles. The number of benzene rings is 2. The molecule has 0 aliphatic heterocycles. The van der Waals surface area contributed by atoms with Gasteiger partial charge in [0.1, 0.15) is 5.75 Å². The molecule has 0 saturated heterocycles. The van der Waals surface area contributed by atoms with E-state index in [4.69, 9.17) is 4.74 Å². The molecule has 0 radical (unpaired) electrons. The number of carbonyl (C=O) groups is 1. The first-order chi connectivity index (χ1) is 11.2. The molecule has 0 fully saturated rings. The summed E-state index contributed by atoms with van der Waals surface area (Å²) < 4.78 is 5.36.